The van der Waals surface area contributed by atoms with Gasteiger partial charge in [0.1, 0.15) is 0 Å². The molecule has 3 heteroatoms. The maximum Gasteiger partial charge on any atom is 0.0767 e. The summed E-state index contributed by atoms with van der Waals surface area (Å²) in [5.41, 5.74) is 0.881. The molecule has 0 saturated heterocycles. The summed E-state index contributed by atoms with van der Waals surface area (Å²) in [7, 11) is 0. The van der Waals surface area contributed by atoms with Crippen LogP contribution < -0.4 is 0 Å². The Labute approximate surface area is 87.2 Å². The quantitative estimate of drug-likeness (QED) is 0.780. The highest BCUT2D eigenvalue weighted by molar-refractivity contribution is 6.35. The largest absolute Gasteiger partial charge is 0.389 e. The van der Waals surface area contributed by atoms with Crippen LogP contribution in [0.5, 0.6) is 0 Å². The number of nitrogens with zero attached hydrogens (tertiary/aromatic N) is 1. The van der Waals surface area contributed by atoms with Crippen LogP contribution in [0.1, 0.15) is 18.6 Å². The highest BCUT2D eigenvalue weighted by Crippen LogP contribution is 2.28. The fourth-order valence-corrected chi connectivity index (χ4v) is 1.76. The number of aliphatic hydroxyl groups excluding tert-OH is 1. The molecule has 1 N–H and O–H groups in total. The van der Waals surface area contributed by atoms with E-state index < -0.39 is 6.10 Å². The van der Waals surface area contributed by atoms with Gasteiger partial charge in [-0.15, -0.1) is 0 Å². The van der Waals surface area contributed by atoms with Gasteiger partial charge in [-0.25, -0.2) is 0 Å². The normalized spacial score (nSPS) is 13.1. The number of hydrogen-bond donors (Lipinski definition) is 1. The van der Waals surface area contributed by atoms with Crippen molar-refractivity contribution in [2.24, 2.45) is 0 Å². The molecule has 1 aromatic heterocycles. The predicted molar refractivity (Wildman–Crippen MR) is 57.4 cm³/mol. The number of aromatic nitrogens is 1. The lowest BCUT2D eigenvalue weighted by molar-refractivity contribution is 0.201. The van der Waals surface area contributed by atoms with Crippen LogP contribution in [0.4, 0.5) is 0 Å². The standard InChI is InChI=1S/C11H10ClNO/c1-7(14)8-2-3-11(12)10-6-13-5-4-9(8)10/h2-7,14H,1H3. The van der Waals surface area contributed by atoms with E-state index >= 15 is 0 Å². The van der Waals surface area contributed by atoms with Gasteiger partial charge in [-0.1, -0.05) is 17.7 Å². The van der Waals surface area contributed by atoms with Crippen molar-refractivity contribution in [2.75, 3.05) is 0 Å². The van der Waals surface area contributed by atoms with Gasteiger partial charge in [0, 0.05) is 22.8 Å². The molecule has 0 aliphatic heterocycles. The van der Waals surface area contributed by atoms with E-state index in [0.29, 0.717) is 5.02 Å². The highest BCUT2D eigenvalue weighted by atomic mass is 35.5. The second-order valence-corrected chi connectivity index (χ2v) is 3.64. The molecule has 1 unspecified atom stereocenters. The zero-order valence-electron chi connectivity index (χ0n) is 7.74. The summed E-state index contributed by atoms with van der Waals surface area (Å²) in [6.45, 7) is 1.74. The van der Waals surface area contributed by atoms with E-state index in [4.69, 9.17) is 11.6 Å². The van der Waals surface area contributed by atoms with Gasteiger partial charge in [0.05, 0.1) is 6.10 Å². The van der Waals surface area contributed by atoms with Crippen LogP contribution in [0, 0.1) is 0 Å². The summed E-state index contributed by atoms with van der Waals surface area (Å²) in [5.74, 6) is 0. The fourth-order valence-electron chi connectivity index (χ4n) is 1.54. The molecule has 0 fully saturated rings. The minimum Gasteiger partial charge on any atom is -0.389 e. The van der Waals surface area contributed by atoms with Crippen LogP contribution in [0.3, 0.4) is 0 Å². The van der Waals surface area contributed by atoms with Crippen LogP contribution in [-0.4, -0.2) is 10.1 Å². The van der Waals surface area contributed by atoms with Gasteiger partial charge in [0.25, 0.3) is 0 Å². The number of aliphatic hydroxyl groups is 1. The van der Waals surface area contributed by atoms with Crippen LogP contribution in [0.25, 0.3) is 10.8 Å². The summed E-state index contributed by atoms with van der Waals surface area (Å²) < 4.78 is 0. The topological polar surface area (TPSA) is 33.1 Å². The molecule has 1 aromatic carbocycles. The molecule has 2 rings (SSSR count). The first-order valence-corrected chi connectivity index (χ1v) is 4.78. The number of pyridine rings is 1. The van der Waals surface area contributed by atoms with E-state index in [1.54, 1.807) is 25.4 Å². The third-order valence-corrected chi connectivity index (χ3v) is 2.58. The van der Waals surface area contributed by atoms with E-state index in [-0.39, 0.29) is 0 Å². The predicted octanol–water partition coefficient (Wildman–Crippen LogP) is 2.94. The zero-order valence-corrected chi connectivity index (χ0v) is 8.49. The average Bonchev–Trinajstić information content (AvgIpc) is 2.18. The van der Waals surface area contributed by atoms with Gasteiger partial charge in [0.2, 0.25) is 0 Å². The first kappa shape index (κ1) is 9.44. The third-order valence-electron chi connectivity index (χ3n) is 2.25. The molecule has 2 aromatic rings. The Hall–Kier alpha value is -1.12. The molecule has 0 radical (unpaired) electrons. The molecule has 0 spiro atoms. The number of rotatable bonds is 1. The van der Waals surface area contributed by atoms with Gasteiger partial charge in [-0.2, -0.15) is 0 Å². The van der Waals surface area contributed by atoms with E-state index in [9.17, 15) is 5.11 Å². The molecular weight excluding hydrogens is 198 g/mol. The van der Waals surface area contributed by atoms with Gasteiger partial charge in [-0.3, -0.25) is 4.98 Å². The van der Waals surface area contributed by atoms with Crippen molar-refractivity contribution in [1.82, 2.24) is 4.98 Å². The Morgan fingerprint density at radius 1 is 1.29 bits per heavy atom. The minimum atomic E-state index is -0.489. The van der Waals surface area contributed by atoms with Crippen molar-refractivity contribution in [3.63, 3.8) is 0 Å². The number of hydrogen-bond acceptors (Lipinski definition) is 2. The molecule has 2 nitrogen and oxygen atoms in total. The molecule has 1 atom stereocenters. The highest BCUT2D eigenvalue weighted by Gasteiger charge is 2.07. The van der Waals surface area contributed by atoms with E-state index in [1.807, 2.05) is 12.1 Å². The van der Waals surface area contributed by atoms with Gasteiger partial charge in [-0.05, 0) is 30.0 Å². The second kappa shape index (κ2) is 3.56. The summed E-state index contributed by atoms with van der Waals surface area (Å²) in [4.78, 5) is 4.01. The van der Waals surface area contributed by atoms with Gasteiger partial charge < -0.3 is 5.11 Å². The molecular formula is C11H10ClNO. The number of benzene rings is 1. The molecule has 0 aliphatic carbocycles. The van der Waals surface area contributed by atoms with E-state index in [1.165, 1.54) is 0 Å². The Morgan fingerprint density at radius 3 is 2.79 bits per heavy atom. The number of fused-ring (bicyclic) bond motifs is 1. The van der Waals surface area contributed by atoms with E-state index in [2.05, 4.69) is 4.98 Å². The van der Waals surface area contributed by atoms with Crippen molar-refractivity contribution in [3.05, 3.63) is 41.2 Å². The first-order chi connectivity index (χ1) is 6.70. The summed E-state index contributed by atoms with van der Waals surface area (Å²) in [5, 5.41) is 12.1. The molecule has 0 saturated carbocycles. The molecule has 0 bridgehead atoms. The van der Waals surface area contributed by atoms with Crippen LogP contribution in [0.2, 0.25) is 5.02 Å². The monoisotopic (exact) mass is 207 g/mol. The fraction of sp³-hybridized carbons (Fsp3) is 0.182. The lowest BCUT2D eigenvalue weighted by Gasteiger charge is -2.09. The average molecular weight is 208 g/mol. The molecule has 1 heterocycles. The third kappa shape index (κ3) is 1.47. The lowest BCUT2D eigenvalue weighted by atomic mass is 10.0. The maximum absolute atomic E-state index is 9.55. The van der Waals surface area contributed by atoms with Crippen molar-refractivity contribution in [3.8, 4) is 0 Å². The van der Waals surface area contributed by atoms with Crippen molar-refractivity contribution in [2.45, 2.75) is 13.0 Å². The van der Waals surface area contributed by atoms with Crippen molar-refractivity contribution < 1.29 is 5.11 Å². The Morgan fingerprint density at radius 2 is 2.07 bits per heavy atom. The Balaban J connectivity index is 2.82. The summed E-state index contributed by atoms with van der Waals surface area (Å²) in [6, 6.07) is 5.49. The first-order valence-electron chi connectivity index (χ1n) is 4.40. The maximum atomic E-state index is 9.55. The smallest absolute Gasteiger partial charge is 0.0767 e. The second-order valence-electron chi connectivity index (χ2n) is 3.23. The minimum absolute atomic E-state index is 0.489. The Bertz CT molecular complexity index is 468. The van der Waals surface area contributed by atoms with Crippen molar-refractivity contribution in [1.29, 1.82) is 0 Å². The van der Waals surface area contributed by atoms with Gasteiger partial charge >= 0.3 is 0 Å². The van der Waals surface area contributed by atoms with Gasteiger partial charge in [0.15, 0.2) is 0 Å². The number of halogens is 1. The SMILES string of the molecule is CC(O)c1ccc(Cl)c2cnccc12. The Kier molecular flexibility index (Phi) is 2.40. The zero-order chi connectivity index (χ0) is 10.1. The molecule has 0 amide bonds. The summed E-state index contributed by atoms with van der Waals surface area (Å²) in [6.07, 6.45) is 2.92. The van der Waals surface area contributed by atoms with Crippen molar-refractivity contribution >= 4 is 22.4 Å². The molecule has 72 valence electrons. The summed E-state index contributed by atoms with van der Waals surface area (Å²) >= 11 is 6.01. The van der Waals surface area contributed by atoms with Crippen LogP contribution in [0.15, 0.2) is 30.6 Å². The van der Waals surface area contributed by atoms with Crippen LogP contribution >= 0.6 is 11.6 Å². The molecule has 14 heavy (non-hydrogen) atoms. The lowest BCUT2D eigenvalue weighted by Crippen LogP contribution is -1.92. The molecule has 0 aliphatic rings. The van der Waals surface area contributed by atoms with E-state index in [0.717, 1.165) is 16.3 Å². The van der Waals surface area contributed by atoms with Crippen LogP contribution in [-0.2, 0) is 0 Å².